The molecule has 0 N–H and O–H groups in total. The van der Waals surface area contributed by atoms with Crippen molar-refractivity contribution in [3.05, 3.63) is 164 Å². The number of benzene rings is 9. The summed E-state index contributed by atoms with van der Waals surface area (Å²) in [5, 5.41) is 13.8. The van der Waals surface area contributed by atoms with E-state index >= 15 is 0 Å². The Morgan fingerprint density at radius 2 is 1.06 bits per heavy atom. The van der Waals surface area contributed by atoms with Crippen LogP contribution in [-0.2, 0) is 0 Å². The van der Waals surface area contributed by atoms with E-state index < -0.39 is 0 Å². The molecule has 9 aromatic carbocycles. The lowest BCUT2D eigenvalue weighted by Gasteiger charge is -2.19. The van der Waals surface area contributed by atoms with Crippen molar-refractivity contribution in [2.24, 2.45) is 0 Å². The van der Waals surface area contributed by atoms with Gasteiger partial charge in [-0.15, -0.1) is 0 Å². The van der Waals surface area contributed by atoms with Crippen molar-refractivity contribution in [1.29, 1.82) is 0 Å². The molecule has 4 heteroatoms. The van der Waals surface area contributed by atoms with Gasteiger partial charge < -0.3 is 4.57 Å². The SMILES string of the molecule is c1ccc(-n2c3cc(-c4nc5c6c(cccc6n4)Sc4ccccc4-5)ccc3c3c4c5ccccc5c5ccccc5c4c4ccccc4c32)cc1. The lowest BCUT2D eigenvalue weighted by molar-refractivity contribution is 1.18. The Kier molecular flexibility index (Phi) is 5.71. The molecule has 11 aromatic rings. The number of hydrogen-bond acceptors (Lipinski definition) is 3. The van der Waals surface area contributed by atoms with Gasteiger partial charge in [-0.3, -0.25) is 0 Å². The van der Waals surface area contributed by atoms with Gasteiger partial charge >= 0.3 is 0 Å². The maximum absolute atomic E-state index is 5.35. The minimum atomic E-state index is 0.735. The normalized spacial score (nSPS) is 12.5. The van der Waals surface area contributed by atoms with E-state index in [1.54, 1.807) is 11.8 Å². The van der Waals surface area contributed by atoms with E-state index in [9.17, 15) is 0 Å². The molecule has 0 unspecified atom stereocenters. The second-order valence-corrected chi connectivity index (χ2v) is 14.7. The Morgan fingerprint density at radius 1 is 0.423 bits per heavy atom. The zero-order valence-corrected chi connectivity index (χ0v) is 28.7. The molecule has 52 heavy (non-hydrogen) atoms. The Hall–Kier alpha value is -6.49. The number of rotatable bonds is 2. The summed E-state index contributed by atoms with van der Waals surface area (Å²) in [7, 11) is 0. The third kappa shape index (κ3) is 3.77. The van der Waals surface area contributed by atoms with Crippen molar-refractivity contribution < 1.29 is 0 Å². The summed E-state index contributed by atoms with van der Waals surface area (Å²) in [6.45, 7) is 0. The number of fused-ring (bicyclic) bond motifs is 15. The molecule has 0 radical (unpaired) electrons. The first-order chi connectivity index (χ1) is 25.8. The quantitative estimate of drug-likeness (QED) is 0.171. The van der Waals surface area contributed by atoms with Crippen LogP contribution in [0, 0.1) is 0 Å². The lowest BCUT2D eigenvalue weighted by atomic mass is 9.88. The molecule has 0 fully saturated rings. The maximum atomic E-state index is 5.35. The molecule has 0 saturated carbocycles. The van der Waals surface area contributed by atoms with Crippen LogP contribution in [0.1, 0.15) is 0 Å². The Balaban J connectivity index is 1.27. The minimum Gasteiger partial charge on any atom is -0.309 e. The zero-order chi connectivity index (χ0) is 33.9. The summed E-state index contributed by atoms with van der Waals surface area (Å²) in [5.74, 6) is 0.735. The summed E-state index contributed by atoms with van der Waals surface area (Å²) < 4.78 is 2.47. The largest absolute Gasteiger partial charge is 0.309 e. The van der Waals surface area contributed by atoms with Crippen molar-refractivity contribution in [2.75, 3.05) is 0 Å². The first kappa shape index (κ1) is 28.2. The van der Waals surface area contributed by atoms with E-state index in [0.717, 1.165) is 44.8 Å². The van der Waals surface area contributed by atoms with Gasteiger partial charge in [0.2, 0.25) is 0 Å². The van der Waals surface area contributed by atoms with Crippen LogP contribution in [0.25, 0.3) is 104 Å². The minimum absolute atomic E-state index is 0.735. The van der Waals surface area contributed by atoms with Crippen molar-refractivity contribution >= 4 is 87.6 Å². The summed E-state index contributed by atoms with van der Waals surface area (Å²) in [4.78, 5) is 13.0. The zero-order valence-electron chi connectivity index (χ0n) is 27.8. The maximum Gasteiger partial charge on any atom is 0.160 e. The second kappa shape index (κ2) is 10.5. The smallest absolute Gasteiger partial charge is 0.160 e. The molecule has 0 atom stereocenters. The predicted octanol–water partition coefficient (Wildman–Crippen LogP) is 13.1. The molecule has 240 valence electrons. The van der Waals surface area contributed by atoms with Gasteiger partial charge in [0, 0.05) is 53.5 Å². The van der Waals surface area contributed by atoms with Gasteiger partial charge in [0.25, 0.3) is 0 Å². The van der Waals surface area contributed by atoms with E-state index in [-0.39, 0.29) is 0 Å². The molecular weight excluding hydrogens is 651 g/mol. The molecule has 1 aliphatic rings. The monoisotopic (exact) mass is 677 g/mol. The van der Waals surface area contributed by atoms with Crippen LogP contribution in [0.2, 0.25) is 0 Å². The Labute approximate surface area is 302 Å². The second-order valence-electron chi connectivity index (χ2n) is 13.7. The van der Waals surface area contributed by atoms with Crippen LogP contribution < -0.4 is 0 Å². The third-order valence-corrected chi connectivity index (χ3v) is 12.1. The molecule has 0 spiro atoms. The van der Waals surface area contributed by atoms with Crippen molar-refractivity contribution in [3.8, 4) is 28.3 Å². The van der Waals surface area contributed by atoms with Gasteiger partial charge in [-0.25, -0.2) is 9.97 Å². The summed E-state index contributed by atoms with van der Waals surface area (Å²) >= 11 is 1.80. The highest BCUT2D eigenvalue weighted by molar-refractivity contribution is 7.99. The number of nitrogens with zero attached hydrogens (tertiary/aromatic N) is 3. The van der Waals surface area contributed by atoms with Gasteiger partial charge in [-0.2, -0.15) is 0 Å². The highest BCUT2D eigenvalue weighted by Crippen LogP contribution is 2.49. The Bertz CT molecular complexity index is 3330. The summed E-state index contributed by atoms with van der Waals surface area (Å²) in [5.41, 5.74) is 7.61. The van der Waals surface area contributed by atoms with Crippen molar-refractivity contribution in [3.63, 3.8) is 0 Å². The van der Waals surface area contributed by atoms with Crippen LogP contribution in [0.15, 0.2) is 174 Å². The standard InChI is InChI=1S/C48H27N3S/c1-2-13-29(14-3-1)51-39-27-28(48-49-38-22-12-24-41-45(38)46(50-48)37-21-10-11-23-40(37)52-41)25-26-36(39)44-43-33-18-7-5-16-31(33)30-15-4-6-17-32(30)42(43)34-19-8-9-20-35(34)47(44)51/h1-27H. The number of para-hydroxylation sites is 1. The predicted molar refractivity (Wildman–Crippen MR) is 219 cm³/mol. The summed E-state index contributed by atoms with van der Waals surface area (Å²) in [6.07, 6.45) is 0. The first-order valence-electron chi connectivity index (χ1n) is 17.7. The summed E-state index contributed by atoms with van der Waals surface area (Å²) in [6, 6.07) is 59.4. The topological polar surface area (TPSA) is 30.7 Å². The van der Waals surface area contributed by atoms with E-state index in [1.807, 2.05) is 0 Å². The lowest BCUT2D eigenvalue weighted by Crippen LogP contribution is -2.00. The van der Waals surface area contributed by atoms with Crippen LogP contribution in [-0.4, -0.2) is 14.5 Å². The van der Waals surface area contributed by atoms with E-state index in [0.29, 0.717) is 0 Å². The molecule has 0 aliphatic carbocycles. The van der Waals surface area contributed by atoms with Crippen LogP contribution in [0.3, 0.4) is 0 Å². The van der Waals surface area contributed by atoms with Gasteiger partial charge in [0.05, 0.1) is 22.2 Å². The van der Waals surface area contributed by atoms with E-state index in [1.165, 1.54) is 69.2 Å². The fourth-order valence-corrected chi connectivity index (χ4v) is 9.91. The molecule has 0 saturated heterocycles. The average molecular weight is 678 g/mol. The molecule has 0 amide bonds. The van der Waals surface area contributed by atoms with Gasteiger partial charge in [0.1, 0.15) is 0 Å². The molecule has 0 bridgehead atoms. The van der Waals surface area contributed by atoms with Crippen LogP contribution in [0.4, 0.5) is 0 Å². The third-order valence-electron chi connectivity index (χ3n) is 10.9. The fourth-order valence-electron chi connectivity index (χ4n) is 8.80. The number of hydrogen-bond donors (Lipinski definition) is 0. The molecule has 3 nitrogen and oxygen atoms in total. The van der Waals surface area contributed by atoms with E-state index in [2.05, 4.69) is 168 Å². The van der Waals surface area contributed by atoms with Crippen molar-refractivity contribution in [2.45, 2.75) is 9.79 Å². The molecule has 2 aromatic heterocycles. The molecule has 1 aliphatic heterocycles. The van der Waals surface area contributed by atoms with E-state index in [4.69, 9.17) is 9.97 Å². The van der Waals surface area contributed by atoms with Crippen LogP contribution in [0.5, 0.6) is 0 Å². The average Bonchev–Trinajstić information content (AvgIpc) is 3.56. The molecule has 12 rings (SSSR count). The van der Waals surface area contributed by atoms with Gasteiger partial charge in [-0.1, -0.05) is 139 Å². The van der Waals surface area contributed by atoms with Crippen LogP contribution >= 0.6 is 11.8 Å². The van der Waals surface area contributed by atoms with Gasteiger partial charge in [0.15, 0.2) is 5.82 Å². The molecule has 3 heterocycles. The fraction of sp³-hybridized carbons (Fsp3) is 0. The highest BCUT2D eigenvalue weighted by Gasteiger charge is 2.25. The first-order valence-corrected chi connectivity index (χ1v) is 18.5. The highest BCUT2D eigenvalue weighted by atomic mass is 32.2. The molecular formula is C48H27N3S. The van der Waals surface area contributed by atoms with Gasteiger partial charge in [-0.05, 0) is 68.7 Å². The van der Waals surface area contributed by atoms with Crippen molar-refractivity contribution in [1.82, 2.24) is 14.5 Å². The Morgan fingerprint density at radius 3 is 1.85 bits per heavy atom. The number of aromatic nitrogens is 3.